The second kappa shape index (κ2) is 7.51. The van der Waals surface area contributed by atoms with E-state index >= 15 is 0 Å². The van der Waals surface area contributed by atoms with E-state index in [-0.39, 0.29) is 6.04 Å². The van der Waals surface area contributed by atoms with Crippen LogP contribution in [0.25, 0.3) is 0 Å². The van der Waals surface area contributed by atoms with Crippen LogP contribution < -0.4 is 5.32 Å². The quantitative estimate of drug-likeness (QED) is 0.679. The number of aliphatic carboxylic acids is 1. The molecule has 18 heavy (non-hydrogen) atoms. The SMILES string of the molecule is CCCCC(NC(C)C(O)c1cccs1)C(=O)O. The van der Waals surface area contributed by atoms with Gasteiger partial charge >= 0.3 is 5.97 Å². The molecule has 0 saturated carbocycles. The molecule has 4 nitrogen and oxygen atoms in total. The number of carbonyl (C=O) groups is 1. The highest BCUT2D eigenvalue weighted by atomic mass is 32.1. The summed E-state index contributed by atoms with van der Waals surface area (Å²) >= 11 is 1.48. The third-order valence-electron chi connectivity index (χ3n) is 2.92. The minimum Gasteiger partial charge on any atom is -0.480 e. The summed E-state index contributed by atoms with van der Waals surface area (Å²) in [4.78, 5) is 12.0. The monoisotopic (exact) mass is 271 g/mol. The number of carboxylic acid groups (broad SMARTS) is 1. The molecule has 0 saturated heterocycles. The summed E-state index contributed by atoms with van der Waals surface area (Å²) in [5.41, 5.74) is 0. The van der Waals surface area contributed by atoms with Gasteiger partial charge in [0, 0.05) is 10.9 Å². The molecule has 0 aliphatic rings. The number of rotatable bonds is 8. The third-order valence-corrected chi connectivity index (χ3v) is 3.86. The number of thiophene rings is 1. The van der Waals surface area contributed by atoms with E-state index in [2.05, 4.69) is 5.32 Å². The van der Waals surface area contributed by atoms with Gasteiger partial charge in [-0.3, -0.25) is 10.1 Å². The Kier molecular flexibility index (Phi) is 6.32. The molecule has 3 N–H and O–H groups in total. The zero-order valence-electron chi connectivity index (χ0n) is 10.8. The first kappa shape index (κ1) is 15.1. The molecule has 1 rings (SSSR count). The van der Waals surface area contributed by atoms with E-state index in [1.807, 2.05) is 31.4 Å². The predicted molar refractivity (Wildman–Crippen MR) is 72.8 cm³/mol. The summed E-state index contributed by atoms with van der Waals surface area (Å²) in [7, 11) is 0. The third kappa shape index (κ3) is 4.40. The van der Waals surface area contributed by atoms with Gasteiger partial charge < -0.3 is 10.2 Å². The fourth-order valence-corrected chi connectivity index (χ4v) is 2.62. The van der Waals surface area contributed by atoms with E-state index < -0.39 is 18.1 Å². The van der Waals surface area contributed by atoms with Crippen LogP contribution in [0.15, 0.2) is 17.5 Å². The fourth-order valence-electron chi connectivity index (χ4n) is 1.80. The second-order valence-corrected chi connectivity index (χ2v) is 5.43. The predicted octanol–water partition coefficient (Wildman–Crippen LogP) is 2.40. The summed E-state index contributed by atoms with van der Waals surface area (Å²) in [5.74, 6) is -0.853. The average molecular weight is 271 g/mol. The van der Waals surface area contributed by atoms with Gasteiger partial charge in [-0.05, 0) is 24.8 Å². The van der Waals surface area contributed by atoms with Crippen molar-refractivity contribution in [2.45, 2.75) is 51.3 Å². The maximum absolute atomic E-state index is 11.1. The molecule has 0 aliphatic carbocycles. The van der Waals surface area contributed by atoms with Gasteiger partial charge in [-0.25, -0.2) is 0 Å². The minimum absolute atomic E-state index is 0.276. The Hall–Kier alpha value is -0.910. The van der Waals surface area contributed by atoms with Crippen LogP contribution in [0.4, 0.5) is 0 Å². The zero-order valence-corrected chi connectivity index (χ0v) is 11.6. The highest BCUT2D eigenvalue weighted by Crippen LogP contribution is 2.22. The van der Waals surface area contributed by atoms with Crippen molar-refractivity contribution >= 4 is 17.3 Å². The van der Waals surface area contributed by atoms with Gasteiger partial charge in [0.15, 0.2) is 0 Å². The van der Waals surface area contributed by atoms with Crippen LogP contribution in [0.3, 0.4) is 0 Å². The zero-order chi connectivity index (χ0) is 13.5. The average Bonchev–Trinajstić information content (AvgIpc) is 2.86. The number of unbranched alkanes of at least 4 members (excludes halogenated alkanes) is 1. The van der Waals surface area contributed by atoms with Crippen LogP contribution in [0.2, 0.25) is 0 Å². The minimum atomic E-state index is -0.853. The first-order chi connectivity index (χ1) is 8.56. The number of hydrogen-bond donors (Lipinski definition) is 3. The van der Waals surface area contributed by atoms with Gasteiger partial charge in [0.2, 0.25) is 0 Å². The molecule has 1 heterocycles. The number of aliphatic hydroxyl groups excluding tert-OH is 1. The van der Waals surface area contributed by atoms with E-state index in [1.54, 1.807) is 0 Å². The number of nitrogens with one attached hydrogen (secondary N) is 1. The summed E-state index contributed by atoms with van der Waals surface area (Å²) in [6.07, 6.45) is 1.76. The van der Waals surface area contributed by atoms with Gasteiger partial charge in [0.1, 0.15) is 12.1 Å². The van der Waals surface area contributed by atoms with Crippen molar-refractivity contribution in [3.8, 4) is 0 Å². The molecule has 0 aliphatic heterocycles. The van der Waals surface area contributed by atoms with Crippen LogP contribution in [0, 0.1) is 0 Å². The maximum atomic E-state index is 11.1. The molecule has 1 aromatic heterocycles. The lowest BCUT2D eigenvalue weighted by atomic mass is 10.1. The summed E-state index contributed by atoms with van der Waals surface area (Å²) in [6.45, 7) is 3.84. The van der Waals surface area contributed by atoms with Crippen molar-refractivity contribution in [2.75, 3.05) is 0 Å². The molecule has 1 aromatic rings. The fraction of sp³-hybridized carbons (Fsp3) is 0.615. The largest absolute Gasteiger partial charge is 0.480 e. The maximum Gasteiger partial charge on any atom is 0.320 e. The van der Waals surface area contributed by atoms with Crippen molar-refractivity contribution in [2.24, 2.45) is 0 Å². The molecule has 5 heteroatoms. The van der Waals surface area contributed by atoms with E-state index in [0.29, 0.717) is 6.42 Å². The number of carboxylic acids is 1. The molecule has 0 amide bonds. The van der Waals surface area contributed by atoms with Gasteiger partial charge in [-0.2, -0.15) is 0 Å². The van der Waals surface area contributed by atoms with E-state index in [1.165, 1.54) is 11.3 Å². The first-order valence-corrected chi connectivity index (χ1v) is 7.14. The topological polar surface area (TPSA) is 69.6 Å². The van der Waals surface area contributed by atoms with Crippen molar-refractivity contribution in [3.05, 3.63) is 22.4 Å². The molecule has 102 valence electrons. The molecule has 0 fully saturated rings. The lowest BCUT2D eigenvalue weighted by molar-refractivity contribution is -0.140. The summed E-state index contributed by atoms with van der Waals surface area (Å²) < 4.78 is 0. The standard InChI is InChI=1S/C13H21NO3S/c1-3-4-6-10(13(16)17)14-9(2)12(15)11-7-5-8-18-11/h5,7-10,12,14-15H,3-4,6H2,1-2H3,(H,16,17). The van der Waals surface area contributed by atoms with Gasteiger partial charge in [0.25, 0.3) is 0 Å². The molecular weight excluding hydrogens is 250 g/mol. The van der Waals surface area contributed by atoms with E-state index in [4.69, 9.17) is 5.11 Å². The Balaban J connectivity index is 2.55. The molecule has 3 unspecified atom stereocenters. The van der Waals surface area contributed by atoms with Crippen molar-refractivity contribution < 1.29 is 15.0 Å². The molecule has 0 radical (unpaired) electrons. The Labute approximate surface area is 112 Å². The van der Waals surface area contributed by atoms with E-state index in [0.717, 1.165) is 17.7 Å². The van der Waals surface area contributed by atoms with Crippen LogP contribution >= 0.6 is 11.3 Å². The van der Waals surface area contributed by atoms with Gasteiger partial charge in [-0.15, -0.1) is 11.3 Å². The van der Waals surface area contributed by atoms with Gasteiger partial charge in [0.05, 0.1) is 0 Å². The lowest BCUT2D eigenvalue weighted by Gasteiger charge is -2.23. The molecule has 3 atom stereocenters. The van der Waals surface area contributed by atoms with Crippen LogP contribution in [0.5, 0.6) is 0 Å². The summed E-state index contributed by atoms with van der Waals surface area (Å²) in [5, 5.41) is 24.1. The highest BCUT2D eigenvalue weighted by molar-refractivity contribution is 7.10. The molecule has 0 spiro atoms. The number of hydrogen-bond acceptors (Lipinski definition) is 4. The highest BCUT2D eigenvalue weighted by Gasteiger charge is 2.24. The normalized spacial score (nSPS) is 16.2. The molecule has 0 aromatic carbocycles. The Bertz CT molecular complexity index is 353. The van der Waals surface area contributed by atoms with Crippen molar-refractivity contribution in [1.29, 1.82) is 0 Å². The van der Waals surface area contributed by atoms with Crippen LogP contribution in [0.1, 0.15) is 44.1 Å². The first-order valence-electron chi connectivity index (χ1n) is 6.26. The summed E-state index contributed by atoms with van der Waals surface area (Å²) in [6, 6.07) is 2.87. The Morgan fingerprint density at radius 3 is 2.78 bits per heavy atom. The number of aliphatic hydroxyl groups is 1. The van der Waals surface area contributed by atoms with Crippen LogP contribution in [-0.2, 0) is 4.79 Å². The van der Waals surface area contributed by atoms with Crippen LogP contribution in [-0.4, -0.2) is 28.3 Å². The van der Waals surface area contributed by atoms with E-state index in [9.17, 15) is 9.90 Å². The van der Waals surface area contributed by atoms with Gasteiger partial charge in [-0.1, -0.05) is 25.8 Å². The molecular formula is C13H21NO3S. The smallest absolute Gasteiger partial charge is 0.320 e. The Morgan fingerprint density at radius 1 is 1.56 bits per heavy atom. The molecule has 0 bridgehead atoms. The van der Waals surface area contributed by atoms with Crippen molar-refractivity contribution in [1.82, 2.24) is 5.32 Å². The van der Waals surface area contributed by atoms with Crippen molar-refractivity contribution in [3.63, 3.8) is 0 Å². The second-order valence-electron chi connectivity index (χ2n) is 4.45. The Morgan fingerprint density at radius 2 is 2.28 bits per heavy atom. The lowest BCUT2D eigenvalue weighted by Crippen LogP contribution is -2.44.